The normalized spacial score (nSPS) is 13.4. The Morgan fingerprint density at radius 2 is 1.12 bits per heavy atom. The molecule has 24 heavy (non-hydrogen) atoms. The van der Waals surface area contributed by atoms with Crippen molar-refractivity contribution in [2.45, 2.75) is 45.0 Å². The van der Waals surface area contributed by atoms with Crippen molar-refractivity contribution in [3.8, 4) is 0 Å². The number of aryl methyl sites for hydroxylation is 1. The summed E-state index contributed by atoms with van der Waals surface area (Å²) in [6.45, 7) is 4.74. The number of halogens is 10. The zero-order valence-corrected chi connectivity index (χ0v) is 12.5. The molecule has 0 aliphatic carbocycles. The number of benzene rings is 1. The molecule has 0 amide bonds. The molecule has 140 valence electrons. The van der Waals surface area contributed by atoms with Gasteiger partial charge >= 0.3 is 24.2 Å². The maximum absolute atomic E-state index is 13.8. The van der Waals surface area contributed by atoms with Crippen LogP contribution in [-0.4, -0.2) is 12.4 Å². The molecule has 2 N–H and O–H groups in total. The van der Waals surface area contributed by atoms with E-state index in [2.05, 4.69) is 0 Å². The second-order valence-corrected chi connectivity index (χ2v) is 4.41. The first kappa shape index (κ1) is 22.3. The zero-order valence-electron chi connectivity index (χ0n) is 12.5. The lowest BCUT2D eigenvalue weighted by molar-refractivity contribution is -0.348. The van der Waals surface area contributed by atoms with E-state index >= 15 is 0 Å². The third-order valence-corrected chi connectivity index (χ3v) is 2.87. The first-order valence-electron chi connectivity index (χ1n) is 6.33. The number of rotatable bonds is 1. The van der Waals surface area contributed by atoms with Crippen LogP contribution in [0.2, 0.25) is 0 Å². The van der Waals surface area contributed by atoms with Crippen molar-refractivity contribution >= 4 is 5.69 Å². The molecule has 0 heterocycles. The molecule has 11 heteroatoms. The van der Waals surface area contributed by atoms with Gasteiger partial charge in [-0.3, -0.25) is 0 Å². The average molecular weight is 373 g/mol. The highest BCUT2D eigenvalue weighted by Gasteiger charge is 2.73. The highest BCUT2D eigenvalue weighted by Crippen LogP contribution is 2.54. The lowest BCUT2D eigenvalue weighted by Crippen LogP contribution is -2.50. The molecule has 0 aliphatic rings. The second kappa shape index (κ2) is 6.67. The fourth-order valence-electron chi connectivity index (χ4n) is 1.72. The molecule has 1 rings (SSSR count). The van der Waals surface area contributed by atoms with E-state index in [-0.39, 0.29) is 6.07 Å². The predicted octanol–water partition coefficient (Wildman–Crippen LogP) is 5.91. The number of hydrogen-bond donors (Lipinski definition) is 1. The minimum atomic E-state index is -6.50. The standard InChI is InChI=1S/C11H7F10N.C2H6/c1-4-2-5(3-6(7(4)22)9(13,14)15)8(12,10(16,17)18)11(19,20)21;1-2/h2-3H,22H2,1H3;1-2H3. The van der Waals surface area contributed by atoms with E-state index in [4.69, 9.17) is 5.73 Å². The highest BCUT2D eigenvalue weighted by atomic mass is 19.4. The molecule has 1 aromatic carbocycles. The Kier molecular flexibility index (Phi) is 6.21. The summed E-state index contributed by atoms with van der Waals surface area (Å²) < 4.78 is 127. The first-order chi connectivity index (χ1) is 10.5. The molecule has 0 spiro atoms. The third kappa shape index (κ3) is 3.86. The van der Waals surface area contributed by atoms with Crippen LogP contribution in [0.1, 0.15) is 30.5 Å². The lowest BCUT2D eigenvalue weighted by atomic mass is 9.90. The largest absolute Gasteiger partial charge is 0.435 e. The third-order valence-electron chi connectivity index (χ3n) is 2.87. The summed E-state index contributed by atoms with van der Waals surface area (Å²) in [7, 11) is 0. The fourth-order valence-corrected chi connectivity index (χ4v) is 1.72. The number of alkyl halides is 10. The molecule has 0 radical (unpaired) electrons. The molecule has 0 bridgehead atoms. The van der Waals surface area contributed by atoms with Crippen LogP contribution in [0.4, 0.5) is 49.6 Å². The lowest BCUT2D eigenvalue weighted by Gasteiger charge is -2.31. The predicted molar refractivity (Wildman–Crippen MR) is 66.8 cm³/mol. The molecule has 0 unspecified atom stereocenters. The van der Waals surface area contributed by atoms with Crippen LogP contribution in [0.3, 0.4) is 0 Å². The minimum absolute atomic E-state index is 0.00838. The van der Waals surface area contributed by atoms with Crippen molar-refractivity contribution < 1.29 is 43.9 Å². The topological polar surface area (TPSA) is 26.0 Å². The summed E-state index contributed by atoms with van der Waals surface area (Å²) in [6.07, 6.45) is -18.4. The Balaban J connectivity index is 0.00000254. The van der Waals surface area contributed by atoms with Crippen LogP contribution < -0.4 is 5.73 Å². The number of hydrogen-bond acceptors (Lipinski definition) is 1. The van der Waals surface area contributed by atoms with Gasteiger partial charge in [0.2, 0.25) is 0 Å². The summed E-state index contributed by atoms with van der Waals surface area (Å²) >= 11 is 0. The summed E-state index contributed by atoms with van der Waals surface area (Å²) in [4.78, 5) is 0. The van der Waals surface area contributed by atoms with Crippen LogP contribution in [0, 0.1) is 6.92 Å². The van der Waals surface area contributed by atoms with E-state index in [1.54, 1.807) is 0 Å². The molecule has 0 atom stereocenters. The molecule has 0 aliphatic heterocycles. The first-order valence-corrected chi connectivity index (χ1v) is 6.33. The Morgan fingerprint density at radius 1 is 0.750 bits per heavy atom. The molecular formula is C13H13F10N. The quantitative estimate of drug-likeness (QED) is 0.481. The monoisotopic (exact) mass is 373 g/mol. The summed E-state index contributed by atoms with van der Waals surface area (Å²) in [5, 5.41) is 0. The van der Waals surface area contributed by atoms with Gasteiger partial charge in [-0.1, -0.05) is 19.9 Å². The van der Waals surface area contributed by atoms with Gasteiger partial charge in [-0.05, 0) is 18.6 Å². The Morgan fingerprint density at radius 3 is 1.42 bits per heavy atom. The number of nitrogen functional groups attached to an aromatic ring is 1. The van der Waals surface area contributed by atoms with Gasteiger partial charge in [-0.2, -0.15) is 39.5 Å². The Hall–Kier alpha value is -1.68. The van der Waals surface area contributed by atoms with Gasteiger partial charge in [0.15, 0.2) is 0 Å². The van der Waals surface area contributed by atoms with E-state index in [1.165, 1.54) is 0 Å². The van der Waals surface area contributed by atoms with Crippen molar-refractivity contribution in [2.75, 3.05) is 5.73 Å². The molecule has 0 fully saturated rings. The van der Waals surface area contributed by atoms with Gasteiger partial charge in [0.05, 0.1) is 5.56 Å². The van der Waals surface area contributed by atoms with Gasteiger partial charge in [0.25, 0.3) is 0 Å². The van der Waals surface area contributed by atoms with Gasteiger partial charge < -0.3 is 5.73 Å². The van der Waals surface area contributed by atoms with Gasteiger partial charge in [0, 0.05) is 11.3 Å². The average Bonchev–Trinajstić information content (AvgIpc) is 2.39. The second-order valence-electron chi connectivity index (χ2n) is 4.41. The van der Waals surface area contributed by atoms with Crippen LogP contribution in [0.25, 0.3) is 0 Å². The maximum Gasteiger partial charge on any atom is 0.435 e. The van der Waals surface area contributed by atoms with Gasteiger partial charge in [-0.25, -0.2) is 4.39 Å². The van der Waals surface area contributed by atoms with E-state index < -0.39 is 52.6 Å². The van der Waals surface area contributed by atoms with Crippen molar-refractivity contribution in [1.29, 1.82) is 0 Å². The van der Waals surface area contributed by atoms with E-state index in [1.807, 2.05) is 13.8 Å². The van der Waals surface area contributed by atoms with E-state index in [9.17, 15) is 43.9 Å². The van der Waals surface area contributed by atoms with Crippen LogP contribution >= 0.6 is 0 Å². The Bertz CT molecular complexity index is 554. The van der Waals surface area contributed by atoms with Crippen LogP contribution in [0.15, 0.2) is 12.1 Å². The minimum Gasteiger partial charge on any atom is -0.398 e. The van der Waals surface area contributed by atoms with Crippen molar-refractivity contribution in [3.05, 3.63) is 28.8 Å². The molecule has 0 saturated carbocycles. The Labute approximate surface area is 130 Å². The van der Waals surface area contributed by atoms with E-state index in [0.717, 1.165) is 6.92 Å². The smallest absolute Gasteiger partial charge is 0.398 e. The molecular weight excluding hydrogens is 360 g/mol. The van der Waals surface area contributed by atoms with Crippen molar-refractivity contribution in [2.24, 2.45) is 0 Å². The number of nitrogens with two attached hydrogens (primary N) is 1. The van der Waals surface area contributed by atoms with E-state index in [0.29, 0.717) is 0 Å². The van der Waals surface area contributed by atoms with Crippen molar-refractivity contribution in [1.82, 2.24) is 0 Å². The zero-order chi connectivity index (χ0) is 19.7. The maximum atomic E-state index is 13.8. The highest BCUT2D eigenvalue weighted by molar-refractivity contribution is 5.57. The SMILES string of the molecule is CC.Cc1cc(C(F)(C(F)(F)F)C(F)(F)F)cc(C(F)(F)F)c1N. The summed E-state index contributed by atoms with van der Waals surface area (Å²) in [6, 6.07) is -0.588. The molecule has 0 aromatic heterocycles. The van der Waals surface area contributed by atoms with Crippen LogP contribution in [-0.2, 0) is 11.8 Å². The summed E-state index contributed by atoms with van der Waals surface area (Å²) in [5.41, 5.74) is -7.00. The summed E-state index contributed by atoms with van der Waals surface area (Å²) in [5.74, 6) is 0. The van der Waals surface area contributed by atoms with Gasteiger partial charge in [-0.15, -0.1) is 0 Å². The number of anilines is 1. The fraction of sp³-hybridized carbons (Fsp3) is 0.538. The molecule has 1 aromatic rings. The van der Waals surface area contributed by atoms with Gasteiger partial charge in [0.1, 0.15) is 0 Å². The molecule has 0 saturated heterocycles. The molecule has 1 nitrogen and oxygen atoms in total. The van der Waals surface area contributed by atoms with Crippen molar-refractivity contribution in [3.63, 3.8) is 0 Å². The van der Waals surface area contributed by atoms with Crippen LogP contribution in [0.5, 0.6) is 0 Å².